The van der Waals surface area contributed by atoms with Crippen molar-refractivity contribution in [3.63, 3.8) is 0 Å². The van der Waals surface area contributed by atoms with Crippen molar-refractivity contribution in [2.75, 3.05) is 0 Å². The summed E-state index contributed by atoms with van der Waals surface area (Å²) in [5.74, 6) is -0.913. The molecule has 0 saturated heterocycles. The Kier molecular flexibility index (Phi) is 5.28. The van der Waals surface area contributed by atoms with Gasteiger partial charge in [-0.15, -0.1) is 10.2 Å². The smallest absolute Gasteiger partial charge is 0.321 e. The van der Waals surface area contributed by atoms with Crippen LogP contribution in [0.4, 0.5) is 0 Å². The Morgan fingerprint density at radius 3 is 2.18 bits per heavy atom. The highest BCUT2D eigenvalue weighted by atomic mass is 35.5. The zero-order valence-corrected chi connectivity index (χ0v) is 16.2. The third kappa shape index (κ3) is 3.72. The third-order valence-electron chi connectivity index (χ3n) is 4.33. The normalized spacial score (nSPS) is 12.0. The summed E-state index contributed by atoms with van der Waals surface area (Å²) in [6.07, 6.45) is 0. The van der Waals surface area contributed by atoms with Crippen molar-refractivity contribution < 1.29 is 9.90 Å². The van der Waals surface area contributed by atoms with Gasteiger partial charge in [0.1, 0.15) is 16.0 Å². The molecule has 1 heterocycles. The number of carboxylic acid groups (broad SMARTS) is 1. The van der Waals surface area contributed by atoms with E-state index < -0.39 is 11.2 Å². The average Bonchev–Trinajstić information content (AvgIpc) is 2.73. The maximum atomic E-state index is 11.9. The molecule has 0 amide bonds. The first kappa shape index (κ1) is 18.5. The first-order chi connectivity index (χ1) is 13.6. The minimum atomic E-state index is -0.913. The second kappa shape index (κ2) is 8.00. The summed E-state index contributed by atoms with van der Waals surface area (Å²) < 4.78 is 0. The van der Waals surface area contributed by atoms with Gasteiger partial charge in [0.15, 0.2) is 0 Å². The zero-order valence-electron chi connectivity index (χ0n) is 14.6. The van der Waals surface area contributed by atoms with Crippen molar-refractivity contribution in [3.8, 4) is 11.3 Å². The minimum absolute atomic E-state index is 0.588. The Morgan fingerprint density at radius 2 is 1.50 bits per heavy atom. The summed E-state index contributed by atoms with van der Waals surface area (Å²) in [4.78, 5) is 11.9. The monoisotopic (exact) mass is 406 g/mol. The van der Waals surface area contributed by atoms with E-state index in [1.54, 1.807) is 0 Å². The molecule has 138 valence electrons. The minimum Gasteiger partial charge on any atom is -0.480 e. The van der Waals surface area contributed by atoms with Crippen LogP contribution in [0.1, 0.15) is 10.8 Å². The number of hydrogen-bond donors (Lipinski definition) is 1. The van der Waals surface area contributed by atoms with Crippen LogP contribution < -0.4 is 0 Å². The fraction of sp³-hybridized carbons (Fsp3) is 0.0455. The molecule has 0 radical (unpaired) electrons. The van der Waals surface area contributed by atoms with E-state index in [9.17, 15) is 9.90 Å². The van der Waals surface area contributed by atoms with Crippen LogP contribution in [0.2, 0.25) is 5.02 Å². The molecular weight excluding hydrogens is 392 g/mol. The van der Waals surface area contributed by atoms with Gasteiger partial charge in [-0.2, -0.15) is 0 Å². The molecule has 3 aromatic carbocycles. The SMILES string of the molecule is O=C(O)[C@@H](Sc1nnc(-c2ccc(Cl)cc2)c2ccccc12)c1ccccc1. The summed E-state index contributed by atoms with van der Waals surface area (Å²) in [6.45, 7) is 0. The number of benzene rings is 3. The van der Waals surface area contributed by atoms with E-state index in [-0.39, 0.29) is 0 Å². The highest BCUT2D eigenvalue weighted by Crippen LogP contribution is 2.39. The first-order valence-corrected chi connectivity index (χ1v) is 9.85. The van der Waals surface area contributed by atoms with Crippen molar-refractivity contribution in [1.29, 1.82) is 0 Å². The predicted octanol–water partition coefficient (Wildman–Crippen LogP) is 5.87. The molecule has 4 nitrogen and oxygen atoms in total. The fourth-order valence-corrected chi connectivity index (χ4v) is 4.12. The van der Waals surface area contributed by atoms with Gasteiger partial charge in [-0.05, 0) is 17.7 Å². The van der Waals surface area contributed by atoms with E-state index in [0.717, 1.165) is 22.0 Å². The van der Waals surface area contributed by atoms with E-state index in [1.807, 2.05) is 78.9 Å². The molecule has 0 saturated carbocycles. The van der Waals surface area contributed by atoms with Crippen LogP contribution in [0.25, 0.3) is 22.0 Å². The third-order valence-corrected chi connectivity index (χ3v) is 5.81. The van der Waals surface area contributed by atoms with Gasteiger partial charge in [-0.25, -0.2) is 0 Å². The van der Waals surface area contributed by atoms with Gasteiger partial charge in [0.05, 0.1) is 0 Å². The lowest BCUT2D eigenvalue weighted by molar-refractivity contribution is -0.136. The van der Waals surface area contributed by atoms with Crippen LogP contribution in [-0.4, -0.2) is 21.3 Å². The zero-order chi connectivity index (χ0) is 19.5. The number of fused-ring (bicyclic) bond motifs is 1. The van der Waals surface area contributed by atoms with Gasteiger partial charge >= 0.3 is 5.97 Å². The van der Waals surface area contributed by atoms with Crippen LogP contribution in [0.15, 0.2) is 83.9 Å². The van der Waals surface area contributed by atoms with E-state index in [4.69, 9.17) is 11.6 Å². The van der Waals surface area contributed by atoms with Gasteiger partial charge < -0.3 is 5.11 Å². The van der Waals surface area contributed by atoms with Crippen molar-refractivity contribution in [2.24, 2.45) is 0 Å². The Balaban J connectivity index is 1.79. The fourth-order valence-electron chi connectivity index (χ4n) is 2.99. The molecule has 28 heavy (non-hydrogen) atoms. The number of nitrogens with zero attached hydrogens (tertiary/aromatic N) is 2. The van der Waals surface area contributed by atoms with Crippen LogP contribution in [-0.2, 0) is 4.79 Å². The number of carbonyl (C=O) groups is 1. The number of hydrogen-bond acceptors (Lipinski definition) is 4. The van der Waals surface area contributed by atoms with E-state index in [2.05, 4.69) is 10.2 Å². The lowest BCUT2D eigenvalue weighted by atomic mass is 10.1. The Bertz CT molecular complexity index is 1130. The van der Waals surface area contributed by atoms with Gasteiger partial charge in [-0.1, -0.05) is 90.1 Å². The maximum Gasteiger partial charge on any atom is 0.321 e. The number of thioether (sulfide) groups is 1. The van der Waals surface area contributed by atoms with E-state index in [0.29, 0.717) is 15.6 Å². The molecule has 0 aliphatic carbocycles. The summed E-state index contributed by atoms with van der Waals surface area (Å²) >= 11 is 7.18. The number of rotatable bonds is 5. The molecule has 4 aromatic rings. The van der Waals surface area contributed by atoms with E-state index in [1.165, 1.54) is 11.8 Å². The first-order valence-electron chi connectivity index (χ1n) is 8.59. The number of aromatic nitrogens is 2. The van der Waals surface area contributed by atoms with E-state index >= 15 is 0 Å². The van der Waals surface area contributed by atoms with Crippen molar-refractivity contribution in [1.82, 2.24) is 10.2 Å². The number of carboxylic acids is 1. The Hall–Kier alpha value is -2.89. The van der Waals surface area contributed by atoms with Crippen molar-refractivity contribution >= 4 is 40.1 Å². The number of halogens is 1. The second-order valence-corrected chi connectivity index (χ2v) is 7.68. The van der Waals surface area contributed by atoms with Gasteiger partial charge in [0, 0.05) is 21.4 Å². The lowest BCUT2D eigenvalue weighted by Crippen LogP contribution is -2.08. The Morgan fingerprint density at radius 1 is 0.857 bits per heavy atom. The van der Waals surface area contributed by atoms with Crippen molar-refractivity contribution in [2.45, 2.75) is 10.3 Å². The molecule has 1 aromatic heterocycles. The highest BCUT2D eigenvalue weighted by molar-refractivity contribution is 8.00. The second-order valence-electron chi connectivity index (χ2n) is 6.15. The van der Waals surface area contributed by atoms with Crippen LogP contribution in [0.5, 0.6) is 0 Å². The van der Waals surface area contributed by atoms with Crippen LogP contribution >= 0.6 is 23.4 Å². The molecule has 0 unspecified atom stereocenters. The molecule has 1 atom stereocenters. The largest absolute Gasteiger partial charge is 0.480 e. The molecule has 0 fully saturated rings. The molecule has 4 rings (SSSR count). The highest BCUT2D eigenvalue weighted by Gasteiger charge is 2.23. The molecule has 0 spiro atoms. The lowest BCUT2D eigenvalue weighted by Gasteiger charge is -2.14. The van der Waals surface area contributed by atoms with Crippen LogP contribution in [0, 0.1) is 0 Å². The van der Waals surface area contributed by atoms with Crippen molar-refractivity contribution in [3.05, 3.63) is 89.4 Å². The predicted molar refractivity (Wildman–Crippen MR) is 113 cm³/mol. The van der Waals surface area contributed by atoms with Gasteiger partial charge in [-0.3, -0.25) is 4.79 Å². The summed E-state index contributed by atoms with van der Waals surface area (Å²) in [6, 6.07) is 24.3. The molecule has 1 N–H and O–H groups in total. The molecular formula is C22H15ClN2O2S. The molecule has 0 bridgehead atoms. The maximum absolute atomic E-state index is 11.9. The molecule has 0 aliphatic heterocycles. The van der Waals surface area contributed by atoms with Gasteiger partial charge in [0.2, 0.25) is 0 Å². The molecule has 0 aliphatic rings. The van der Waals surface area contributed by atoms with Crippen LogP contribution in [0.3, 0.4) is 0 Å². The summed E-state index contributed by atoms with van der Waals surface area (Å²) in [5.41, 5.74) is 2.36. The standard InChI is InChI=1S/C22H15ClN2O2S/c23-16-12-10-14(11-13-16)19-17-8-4-5-9-18(17)21(25-24-19)28-20(22(26)27)15-6-2-1-3-7-15/h1-13,20H,(H,26,27)/t20-/m0/s1. The number of aliphatic carboxylic acids is 1. The average molecular weight is 407 g/mol. The topological polar surface area (TPSA) is 63.1 Å². The summed E-state index contributed by atoms with van der Waals surface area (Å²) in [5, 5.41) is 20.8. The van der Waals surface area contributed by atoms with Gasteiger partial charge in [0.25, 0.3) is 0 Å². The quantitative estimate of drug-likeness (QED) is 0.420. The Labute approximate surface area is 171 Å². The summed E-state index contributed by atoms with van der Waals surface area (Å²) in [7, 11) is 0. The molecule has 6 heteroatoms.